The van der Waals surface area contributed by atoms with Crippen molar-refractivity contribution in [2.75, 3.05) is 25.1 Å². The van der Waals surface area contributed by atoms with Crippen molar-refractivity contribution >= 4 is 39.1 Å². The Hall–Kier alpha value is -0.620. The van der Waals surface area contributed by atoms with E-state index in [0.717, 1.165) is 10.9 Å². The van der Waals surface area contributed by atoms with E-state index < -0.39 is 0 Å². The lowest BCUT2D eigenvalue weighted by molar-refractivity contribution is -0.122. The van der Waals surface area contributed by atoms with Gasteiger partial charge >= 0.3 is 0 Å². The SMILES string of the molecule is O=C(CO[C@H]1CCOC1)Nc1ccc(Cl)c(Br)c1. The fourth-order valence-corrected chi connectivity index (χ4v) is 2.11. The van der Waals surface area contributed by atoms with E-state index >= 15 is 0 Å². The normalized spacial score (nSPS) is 18.9. The van der Waals surface area contributed by atoms with Gasteiger partial charge in [-0.25, -0.2) is 0 Å². The van der Waals surface area contributed by atoms with Crippen LogP contribution >= 0.6 is 27.5 Å². The zero-order valence-corrected chi connectivity index (χ0v) is 12.0. The van der Waals surface area contributed by atoms with Crippen molar-refractivity contribution in [1.29, 1.82) is 0 Å². The summed E-state index contributed by atoms with van der Waals surface area (Å²) in [7, 11) is 0. The zero-order chi connectivity index (χ0) is 13.0. The van der Waals surface area contributed by atoms with E-state index in [0.29, 0.717) is 23.9 Å². The first-order valence-electron chi connectivity index (χ1n) is 5.59. The highest BCUT2D eigenvalue weighted by Crippen LogP contribution is 2.25. The Morgan fingerprint density at radius 3 is 3.11 bits per heavy atom. The summed E-state index contributed by atoms with van der Waals surface area (Å²) in [6, 6.07) is 5.20. The van der Waals surface area contributed by atoms with Gasteiger partial charge < -0.3 is 14.8 Å². The summed E-state index contributed by atoms with van der Waals surface area (Å²) in [5.74, 6) is -0.184. The summed E-state index contributed by atoms with van der Waals surface area (Å²) in [6.45, 7) is 1.31. The lowest BCUT2D eigenvalue weighted by Crippen LogP contribution is -2.23. The largest absolute Gasteiger partial charge is 0.379 e. The quantitative estimate of drug-likeness (QED) is 0.921. The van der Waals surface area contributed by atoms with Crippen LogP contribution < -0.4 is 5.32 Å². The predicted octanol–water partition coefficient (Wildman–Crippen LogP) is 2.85. The number of anilines is 1. The van der Waals surface area contributed by atoms with Crippen LogP contribution in [-0.4, -0.2) is 31.8 Å². The van der Waals surface area contributed by atoms with Crippen molar-refractivity contribution in [3.05, 3.63) is 27.7 Å². The van der Waals surface area contributed by atoms with Crippen LogP contribution in [0.4, 0.5) is 5.69 Å². The van der Waals surface area contributed by atoms with E-state index in [1.165, 1.54) is 0 Å². The topological polar surface area (TPSA) is 47.6 Å². The van der Waals surface area contributed by atoms with Crippen molar-refractivity contribution in [3.63, 3.8) is 0 Å². The summed E-state index contributed by atoms with van der Waals surface area (Å²) in [6.07, 6.45) is 0.882. The molecule has 0 radical (unpaired) electrons. The van der Waals surface area contributed by atoms with Crippen LogP contribution in [0.2, 0.25) is 5.02 Å². The lowest BCUT2D eigenvalue weighted by Gasteiger charge is -2.10. The van der Waals surface area contributed by atoms with Gasteiger partial charge in [0, 0.05) is 16.8 Å². The smallest absolute Gasteiger partial charge is 0.250 e. The molecule has 1 atom stereocenters. The first kappa shape index (κ1) is 13.8. The number of hydrogen-bond acceptors (Lipinski definition) is 3. The lowest BCUT2D eigenvalue weighted by atomic mass is 10.3. The van der Waals surface area contributed by atoms with E-state index in [2.05, 4.69) is 21.2 Å². The number of carbonyl (C=O) groups is 1. The maximum atomic E-state index is 11.6. The molecule has 18 heavy (non-hydrogen) atoms. The van der Waals surface area contributed by atoms with Gasteiger partial charge in [-0.3, -0.25) is 4.79 Å². The van der Waals surface area contributed by atoms with Crippen LogP contribution in [0.5, 0.6) is 0 Å². The summed E-state index contributed by atoms with van der Waals surface area (Å²) < 4.78 is 11.3. The monoisotopic (exact) mass is 333 g/mol. The average Bonchev–Trinajstić information content (AvgIpc) is 2.84. The molecule has 2 rings (SSSR count). The van der Waals surface area contributed by atoms with Gasteiger partial charge in [0.2, 0.25) is 5.91 Å². The number of halogens is 2. The Balaban J connectivity index is 1.80. The standard InChI is InChI=1S/C12H13BrClNO3/c13-10-5-8(1-2-11(10)14)15-12(16)7-18-9-3-4-17-6-9/h1-2,5,9H,3-4,6-7H2,(H,15,16)/t9-/m0/s1. The highest BCUT2D eigenvalue weighted by Gasteiger charge is 2.17. The van der Waals surface area contributed by atoms with Crippen LogP contribution in [0.15, 0.2) is 22.7 Å². The highest BCUT2D eigenvalue weighted by molar-refractivity contribution is 9.10. The Morgan fingerprint density at radius 1 is 1.61 bits per heavy atom. The molecule has 0 unspecified atom stereocenters. The third-order valence-corrected chi connectivity index (χ3v) is 3.76. The first-order chi connectivity index (χ1) is 8.65. The summed E-state index contributed by atoms with van der Waals surface area (Å²) in [5.41, 5.74) is 0.683. The molecule has 0 aromatic heterocycles. The number of rotatable bonds is 4. The second-order valence-corrected chi connectivity index (χ2v) is 5.24. The molecule has 98 valence electrons. The van der Waals surface area contributed by atoms with Crippen molar-refractivity contribution < 1.29 is 14.3 Å². The van der Waals surface area contributed by atoms with E-state index in [9.17, 15) is 4.79 Å². The van der Waals surface area contributed by atoms with Crippen molar-refractivity contribution in [2.45, 2.75) is 12.5 Å². The Labute approximate surface area is 119 Å². The first-order valence-corrected chi connectivity index (χ1v) is 6.76. The maximum Gasteiger partial charge on any atom is 0.250 e. The molecule has 1 heterocycles. The molecule has 0 spiro atoms. The van der Waals surface area contributed by atoms with Crippen LogP contribution in [0.1, 0.15) is 6.42 Å². The van der Waals surface area contributed by atoms with Crippen LogP contribution in [-0.2, 0) is 14.3 Å². The second kappa shape index (κ2) is 6.52. The number of hydrogen-bond donors (Lipinski definition) is 1. The third-order valence-electron chi connectivity index (χ3n) is 2.54. The summed E-state index contributed by atoms with van der Waals surface area (Å²) in [5, 5.41) is 3.34. The number of carbonyl (C=O) groups excluding carboxylic acids is 1. The number of nitrogens with one attached hydrogen (secondary N) is 1. The number of amides is 1. The van der Waals surface area contributed by atoms with Gasteiger partial charge in [0.05, 0.1) is 17.7 Å². The molecular weight excluding hydrogens is 321 g/mol. The minimum absolute atomic E-state index is 0.0349. The van der Waals surface area contributed by atoms with Gasteiger partial charge in [-0.15, -0.1) is 0 Å². The molecule has 6 heteroatoms. The molecular formula is C12H13BrClNO3. The molecule has 0 bridgehead atoms. The van der Waals surface area contributed by atoms with Crippen LogP contribution in [0.25, 0.3) is 0 Å². The summed E-state index contributed by atoms with van der Waals surface area (Å²) >= 11 is 9.16. The second-order valence-electron chi connectivity index (χ2n) is 3.97. The molecule has 1 fully saturated rings. The third kappa shape index (κ3) is 3.95. The van der Waals surface area contributed by atoms with Gasteiger partial charge in [0.15, 0.2) is 0 Å². The minimum atomic E-state index is -0.184. The van der Waals surface area contributed by atoms with Gasteiger partial charge in [0.25, 0.3) is 0 Å². The Bertz CT molecular complexity index is 435. The highest BCUT2D eigenvalue weighted by atomic mass is 79.9. The fraction of sp³-hybridized carbons (Fsp3) is 0.417. The number of benzene rings is 1. The fourth-order valence-electron chi connectivity index (χ4n) is 1.61. The molecule has 0 saturated carbocycles. The van der Waals surface area contributed by atoms with E-state index in [1.807, 2.05) is 0 Å². The maximum absolute atomic E-state index is 11.6. The van der Waals surface area contributed by atoms with E-state index in [1.54, 1.807) is 18.2 Å². The van der Waals surface area contributed by atoms with Crippen molar-refractivity contribution in [2.24, 2.45) is 0 Å². The van der Waals surface area contributed by atoms with Gasteiger partial charge in [-0.1, -0.05) is 11.6 Å². The average molecular weight is 335 g/mol. The van der Waals surface area contributed by atoms with Gasteiger partial charge in [-0.2, -0.15) is 0 Å². The zero-order valence-electron chi connectivity index (χ0n) is 9.62. The molecule has 4 nitrogen and oxygen atoms in total. The summed E-state index contributed by atoms with van der Waals surface area (Å²) in [4.78, 5) is 11.6. The van der Waals surface area contributed by atoms with Crippen LogP contribution in [0.3, 0.4) is 0 Å². The van der Waals surface area contributed by atoms with Gasteiger partial charge in [0.1, 0.15) is 6.61 Å². The molecule has 1 aliphatic rings. The molecule has 1 amide bonds. The minimum Gasteiger partial charge on any atom is -0.379 e. The molecule has 1 saturated heterocycles. The van der Waals surface area contributed by atoms with Crippen LogP contribution in [0, 0.1) is 0 Å². The molecule has 0 aliphatic carbocycles. The Morgan fingerprint density at radius 2 is 2.44 bits per heavy atom. The van der Waals surface area contributed by atoms with E-state index in [4.69, 9.17) is 21.1 Å². The Kier molecular flexibility index (Phi) is 5.00. The van der Waals surface area contributed by atoms with Gasteiger partial charge in [-0.05, 0) is 40.5 Å². The molecule has 1 aromatic rings. The molecule has 1 aromatic carbocycles. The molecule has 1 aliphatic heterocycles. The van der Waals surface area contributed by atoms with E-state index in [-0.39, 0.29) is 18.6 Å². The van der Waals surface area contributed by atoms with Crippen molar-refractivity contribution in [3.8, 4) is 0 Å². The number of ether oxygens (including phenoxy) is 2. The van der Waals surface area contributed by atoms with Crippen molar-refractivity contribution in [1.82, 2.24) is 0 Å². The molecule has 1 N–H and O–H groups in total. The predicted molar refractivity (Wildman–Crippen MR) is 73.0 cm³/mol.